The molecule has 7 nitrogen and oxygen atoms in total. The van der Waals surface area contributed by atoms with Gasteiger partial charge in [-0.25, -0.2) is 9.97 Å². The first kappa shape index (κ1) is 27.6. The predicted octanol–water partition coefficient (Wildman–Crippen LogP) is 6.90. The maximum absolute atomic E-state index is 13.4. The Morgan fingerprint density at radius 1 is 0.872 bits per heavy atom. The summed E-state index contributed by atoms with van der Waals surface area (Å²) in [5.41, 5.74) is 1.65. The van der Waals surface area contributed by atoms with Gasteiger partial charge in [0.1, 0.15) is 0 Å². The van der Waals surface area contributed by atoms with E-state index in [2.05, 4.69) is 25.9 Å². The highest BCUT2D eigenvalue weighted by molar-refractivity contribution is 6.08. The lowest BCUT2D eigenvalue weighted by Gasteiger charge is -2.20. The SMILES string of the molecule is CNc1ncc2cc(-c3cc(C(=O)Nc4cc(C(F)(F)F)ccc4NC(=O)C(C)(C)C)ccc3C)ccc2n1. The fourth-order valence-corrected chi connectivity index (χ4v) is 3.83. The van der Waals surface area contributed by atoms with E-state index < -0.39 is 29.0 Å². The fraction of sp³-hybridized carbons (Fsp3) is 0.241. The Kier molecular flexibility index (Phi) is 7.32. The third-order valence-corrected chi connectivity index (χ3v) is 6.14. The summed E-state index contributed by atoms with van der Waals surface area (Å²) in [5.74, 6) is -0.528. The van der Waals surface area contributed by atoms with E-state index in [0.717, 1.165) is 45.8 Å². The molecule has 1 aromatic heterocycles. The third kappa shape index (κ3) is 6.17. The van der Waals surface area contributed by atoms with Crippen LogP contribution >= 0.6 is 0 Å². The Morgan fingerprint density at radius 2 is 1.62 bits per heavy atom. The number of halogens is 3. The lowest BCUT2D eigenvalue weighted by molar-refractivity contribution is -0.137. The Hall–Kier alpha value is -4.47. The van der Waals surface area contributed by atoms with Crippen LogP contribution in [0.5, 0.6) is 0 Å². The van der Waals surface area contributed by atoms with Crippen molar-refractivity contribution >= 4 is 40.0 Å². The molecule has 0 unspecified atom stereocenters. The van der Waals surface area contributed by atoms with Crippen molar-refractivity contribution in [1.82, 2.24) is 9.97 Å². The molecule has 202 valence electrons. The number of hydrogen-bond acceptors (Lipinski definition) is 5. The minimum atomic E-state index is -4.63. The van der Waals surface area contributed by atoms with Crippen LogP contribution in [0.4, 0.5) is 30.5 Å². The van der Waals surface area contributed by atoms with Gasteiger partial charge in [-0.2, -0.15) is 13.2 Å². The summed E-state index contributed by atoms with van der Waals surface area (Å²) >= 11 is 0. The number of rotatable bonds is 5. The summed E-state index contributed by atoms with van der Waals surface area (Å²) in [7, 11) is 1.73. The van der Waals surface area contributed by atoms with E-state index in [4.69, 9.17) is 0 Å². The Bertz CT molecular complexity index is 1580. The number of hydrogen-bond donors (Lipinski definition) is 3. The van der Waals surface area contributed by atoms with Crippen LogP contribution in [-0.2, 0) is 11.0 Å². The lowest BCUT2D eigenvalue weighted by atomic mass is 9.95. The van der Waals surface area contributed by atoms with Gasteiger partial charge in [-0.15, -0.1) is 0 Å². The summed E-state index contributed by atoms with van der Waals surface area (Å²) in [4.78, 5) is 34.5. The number of nitrogens with one attached hydrogen (secondary N) is 3. The van der Waals surface area contributed by atoms with Crippen LogP contribution in [0.15, 0.2) is 60.8 Å². The number of carbonyl (C=O) groups excluding carboxylic acids is 2. The third-order valence-electron chi connectivity index (χ3n) is 6.14. The van der Waals surface area contributed by atoms with Gasteiger partial charge in [-0.1, -0.05) is 32.9 Å². The highest BCUT2D eigenvalue weighted by Crippen LogP contribution is 2.35. The molecule has 4 rings (SSSR count). The first-order chi connectivity index (χ1) is 18.3. The second kappa shape index (κ2) is 10.4. The van der Waals surface area contributed by atoms with Gasteiger partial charge >= 0.3 is 6.18 Å². The number of fused-ring (bicyclic) bond motifs is 1. The van der Waals surface area contributed by atoms with Gasteiger partial charge in [0.25, 0.3) is 5.91 Å². The van der Waals surface area contributed by atoms with Crippen molar-refractivity contribution in [2.75, 3.05) is 23.0 Å². The number of aryl methyl sites for hydroxylation is 1. The predicted molar refractivity (Wildman–Crippen MR) is 147 cm³/mol. The first-order valence-electron chi connectivity index (χ1n) is 12.2. The zero-order valence-electron chi connectivity index (χ0n) is 22.1. The van der Waals surface area contributed by atoms with Crippen molar-refractivity contribution in [3.05, 3.63) is 77.5 Å². The number of benzene rings is 3. The highest BCUT2D eigenvalue weighted by Gasteiger charge is 2.32. The molecular formula is C29H28F3N5O2. The molecule has 3 N–H and O–H groups in total. The van der Waals surface area contributed by atoms with Gasteiger partial charge in [0, 0.05) is 29.6 Å². The molecule has 2 amide bonds. The molecule has 0 saturated carbocycles. The molecule has 4 aromatic rings. The zero-order chi connectivity index (χ0) is 28.5. The van der Waals surface area contributed by atoms with E-state index in [1.54, 1.807) is 52.2 Å². The number of aromatic nitrogens is 2. The summed E-state index contributed by atoms with van der Waals surface area (Å²) in [6.45, 7) is 6.93. The number of carbonyl (C=O) groups is 2. The summed E-state index contributed by atoms with van der Waals surface area (Å²) in [6, 6.07) is 13.5. The monoisotopic (exact) mass is 535 g/mol. The lowest BCUT2D eigenvalue weighted by Crippen LogP contribution is -2.28. The van der Waals surface area contributed by atoms with Gasteiger partial charge in [0.2, 0.25) is 11.9 Å². The van der Waals surface area contributed by atoms with Crippen LogP contribution in [0.3, 0.4) is 0 Å². The molecule has 0 aliphatic rings. The smallest absolute Gasteiger partial charge is 0.357 e. The van der Waals surface area contributed by atoms with Gasteiger partial charge in [-0.05, 0) is 66.1 Å². The van der Waals surface area contributed by atoms with E-state index in [0.29, 0.717) is 5.95 Å². The summed E-state index contributed by atoms with van der Waals surface area (Å²) < 4.78 is 40.3. The second-order valence-electron chi connectivity index (χ2n) is 10.2. The van der Waals surface area contributed by atoms with Crippen LogP contribution in [0.25, 0.3) is 22.0 Å². The molecule has 10 heteroatoms. The molecule has 0 saturated heterocycles. The van der Waals surface area contributed by atoms with Crippen LogP contribution in [0.1, 0.15) is 42.3 Å². The van der Waals surface area contributed by atoms with Crippen LogP contribution < -0.4 is 16.0 Å². The average molecular weight is 536 g/mol. The van der Waals surface area contributed by atoms with E-state index >= 15 is 0 Å². The molecule has 0 spiro atoms. The Balaban J connectivity index is 1.68. The minimum Gasteiger partial charge on any atom is -0.357 e. The summed E-state index contributed by atoms with van der Waals surface area (Å²) in [6.07, 6.45) is -2.93. The van der Waals surface area contributed by atoms with Crippen LogP contribution in [-0.4, -0.2) is 28.8 Å². The molecule has 0 atom stereocenters. The van der Waals surface area contributed by atoms with Crippen LogP contribution in [0, 0.1) is 12.3 Å². The molecule has 0 aliphatic carbocycles. The van der Waals surface area contributed by atoms with E-state index in [1.165, 1.54) is 0 Å². The Morgan fingerprint density at radius 3 is 2.28 bits per heavy atom. The van der Waals surface area contributed by atoms with Gasteiger partial charge < -0.3 is 16.0 Å². The number of anilines is 3. The number of alkyl halides is 3. The van der Waals surface area contributed by atoms with E-state index in [-0.39, 0.29) is 16.9 Å². The van der Waals surface area contributed by atoms with E-state index in [1.807, 2.05) is 25.1 Å². The fourth-order valence-electron chi connectivity index (χ4n) is 3.83. The minimum absolute atomic E-state index is 0.0686. The standard InChI is InChI=1S/C29H28F3N5O2/c1-16-6-7-18(13-21(16)17-8-10-22-19(12-17)15-34-27(33-5)37-22)25(38)35-24-14-20(29(30,31)32)9-11-23(24)36-26(39)28(2,3)4/h6-15H,1-5H3,(H,35,38)(H,36,39)(H,33,34,37). The molecule has 39 heavy (non-hydrogen) atoms. The molecule has 0 aliphatic heterocycles. The Labute approximate surface area is 223 Å². The molecular weight excluding hydrogens is 507 g/mol. The number of amides is 2. The van der Waals surface area contributed by atoms with Crippen molar-refractivity contribution < 1.29 is 22.8 Å². The maximum Gasteiger partial charge on any atom is 0.416 e. The topological polar surface area (TPSA) is 96.0 Å². The molecule has 1 heterocycles. The van der Waals surface area contributed by atoms with Crippen molar-refractivity contribution in [2.45, 2.75) is 33.9 Å². The van der Waals surface area contributed by atoms with E-state index in [9.17, 15) is 22.8 Å². The van der Waals surface area contributed by atoms with Gasteiger partial charge in [-0.3, -0.25) is 9.59 Å². The highest BCUT2D eigenvalue weighted by atomic mass is 19.4. The van der Waals surface area contributed by atoms with Crippen molar-refractivity contribution in [3.63, 3.8) is 0 Å². The second-order valence-corrected chi connectivity index (χ2v) is 10.2. The molecule has 0 fully saturated rings. The van der Waals surface area contributed by atoms with Gasteiger partial charge in [0.15, 0.2) is 0 Å². The number of nitrogens with zero attached hydrogens (tertiary/aromatic N) is 2. The summed E-state index contributed by atoms with van der Waals surface area (Å²) in [5, 5.41) is 8.88. The first-order valence-corrected chi connectivity index (χ1v) is 12.2. The molecule has 0 radical (unpaired) electrons. The van der Waals surface area contributed by atoms with Gasteiger partial charge in [0.05, 0.1) is 22.5 Å². The van der Waals surface area contributed by atoms with Crippen molar-refractivity contribution in [3.8, 4) is 11.1 Å². The largest absolute Gasteiger partial charge is 0.416 e. The average Bonchev–Trinajstić information content (AvgIpc) is 2.88. The van der Waals surface area contributed by atoms with Crippen molar-refractivity contribution in [1.29, 1.82) is 0 Å². The zero-order valence-corrected chi connectivity index (χ0v) is 22.1. The normalized spacial score (nSPS) is 11.8. The maximum atomic E-state index is 13.4. The molecule has 0 bridgehead atoms. The van der Waals surface area contributed by atoms with Crippen LogP contribution in [0.2, 0.25) is 0 Å². The quantitative estimate of drug-likeness (QED) is 0.258. The van der Waals surface area contributed by atoms with Crippen molar-refractivity contribution in [2.24, 2.45) is 5.41 Å². The molecule has 3 aromatic carbocycles.